The van der Waals surface area contributed by atoms with Crippen LogP contribution >= 0.6 is 0 Å². The Kier molecular flexibility index (Phi) is 1.28. The number of hydrogen-bond donors (Lipinski definition) is 0. The first kappa shape index (κ1) is 5.28. The number of rotatable bonds is 0. The lowest BCUT2D eigenvalue weighted by molar-refractivity contribution is -0.139. The summed E-state index contributed by atoms with van der Waals surface area (Å²) < 4.78 is 0. The Bertz CT molecular complexity index is 114. The number of amides is 1. The van der Waals surface area contributed by atoms with Gasteiger partial charge >= 0.3 is 5.91 Å². The highest BCUT2D eigenvalue weighted by molar-refractivity contribution is 6.36. The molecule has 1 aliphatic rings. The lowest BCUT2D eigenvalue weighted by Crippen LogP contribution is -2.30. The van der Waals surface area contributed by atoms with E-state index < -0.39 is 5.91 Å². The van der Waals surface area contributed by atoms with Gasteiger partial charge in [0.05, 0.1) is 0 Å². The van der Waals surface area contributed by atoms with Crippen molar-refractivity contribution < 1.29 is 9.59 Å². The second kappa shape index (κ2) is 1.94. The minimum absolute atomic E-state index is 0.337. The highest BCUT2D eigenvalue weighted by Crippen LogP contribution is 1.96. The van der Waals surface area contributed by atoms with E-state index in [9.17, 15) is 9.59 Å². The Morgan fingerprint density at radius 2 is 2.12 bits per heavy atom. The van der Waals surface area contributed by atoms with Crippen molar-refractivity contribution in [2.24, 2.45) is 0 Å². The van der Waals surface area contributed by atoms with Crippen LogP contribution in [0.5, 0.6) is 0 Å². The molecule has 3 heteroatoms. The molecule has 43 valence electrons. The molecule has 0 aromatic rings. The maximum atomic E-state index is 10.4. The van der Waals surface area contributed by atoms with Crippen LogP contribution in [-0.2, 0) is 9.59 Å². The maximum Gasteiger partial charge on any atom is 0.308 e. The molecular formula is C5H6NO2. The largest absolute Gasteiger partial charge is 0.308 e. The van der Waals surface area contributed by atoms with Gasteiger partial charge in [0.2, 0.25) is 5.78 Å². The van der Waals surface area contributed by atoms with Crippen molar-refractivity contribution in [3.05, 3.63) is 0 Å². The summed E-state index contributed by atoms with van der Waals surface area (Å²) >= 11 is 0. The summed E-state index contributed by atoms with van der Waals surface area (Å²) in [7, 11) is 0. The predicted octanol–water partition coefficient (Wildman–Crippen LogP) is -0.520. The number of hydrogen-bond acceptors (Lipinski definition) is 2. The van der Waals surface area contributed by atoms with Crippen LogP contribution in [0.1, 0.15) is 12.8 Å². The molecule has 8 heavy (non-hydrogen) atoms. The number of Topliss-reactive ketones (excluding diaryl/α,β-unsaturated/α-hetero) is 1. The summed E-state index contributed by atoms with van der Waals surface area (Å²) in [6, 6.07) is 0. The van der Waals surface area contributed by atoms with Crippen LogP contribution in [0.4, 0.5) is 0 Å². The molecule has 1 amide bonds. The number of carbonyl (C=O) groups is 2. The van der Waals surface area contributed by atoms with E-state index in [-0.39, 0.29) is 5.78 Å². The SMILES string of the molecule is O=C1CCC[N]C1=O. The molecule has 3 nitrogen and oxygen atoms in total. The third-order valence-electron chi connectivity index (χ3n) is 1.06. The van der Waals surface area contributed by atoms with Gasteiger partial charge in [0.25, 0.3) is 0 Å². The molecule has 0 atom stereocenters. The van der Waals surface area contributed by atoms with E-state index in [0.29, 0.717) is 13.0 Å². The molecule has 0 aromatic heterocycles. The van der Waals surface area contributed by atoms with Gasteiger partial charge in [0, 0.05) is 13.0 Å². The first-order valence-corrected chi connectivity index (χ1v) is 2.55. The third-order valence-corrected chi connectivity index (χ3v) is 1.06. The molecule has 0 saturated carbocycles. The summed E-state index contributed by atoms with van der Waals surface area (Å²) in [4.78, 5) is 20.6. The standard InChI is InChI=1S/C5H6NO2/c7-4-2-1-3-6-5(4)8/h1-3H2. The second-order valence-corrected chi connectivity index (χ2v) is 1.71. The average molecular weight is 112 g/mol. The first-order valence-electron chi connectivity index (χ1n) is 2.55. The van der Waals surface area contributed by atoms with Crippen LogP contribution in [0.3, 0.4) is 0 Å². The van der Waals surface area contributed by atoms with E-state index in [4.69, 9.17) is 0 Å². The van der Waals surface area contributed by atoms with Gasteiger partial charge < -0.3 is 0 Å². The van der Waals surface area contributed by atoms with Crippen LogP contribution in [0.25, 0.3) is 0 Å². The quantitative estimate of drug-likeness (QED) is 0.396. The summed E-state index contributed by atoms with van der Waals surface area (Å²) in [5.74, 6) is -0.882. The predicted molar refractivity (Wildman–Crippen MR) is 26.2 cm³/mol. The molecule has 0 N–H and O–H groups in total. The molecule has 0 aliphatic carbocycles. The topological polar surface area (TPSA) is 48.2 Å². The van der Waals surface area contributed by atoms with Crippen molar-refractivity contribution >= 4 is 11.7 Å². The van der Waals surface area contributed by atoms with Crippen LogP contribution < -0.4 is 5.32 Å². The molecular weight excluding hydrogens is 106 g/mol. The zero-order chi connectivity index (χ0) is 5.98. The zero-order valence-corrected chi connectivity index (χ0v) is 4.39. The summed E-state index contributed by atoms with van der Waals surface area (Å²) in [6.45, 7) is 0.532. The summed E-state index contributed by atoms with van der Waals surface area (Å²) in [6.07, 6.45) is 1.13. The van der Waals surface area contributed by atoms with Crippen LogP contribution in [0.15, 0.2) is 0 Å². The fraction of sp³-hybridized carbons (Fsp3) is 0.600. The number of nitrogens with zero attached hydrogens (tertiary/aromatic N) is 1. The van der Waals surface area contributed by atoms with Gasteiger partial charge in [0.15, 0.2) is 0 Å². The number of ketones is 1. The highest BCUT2D eigenvalue weighted by Gasteiger charge is 2.18. The lowest BCUT2D eigenvalue weighted by atomic mass is 10.1. The van der Waals surface area contributed by atoms with Gasteiger partial charge in [-0.15, -0.1) is 0 Å². The van der Waals surface area contributed by atoms with Crippen molar-refractivity contribution in [1.82, 2.24) is 5.32 Å². The molecule has 1 heterocycles. The van der Waals surface area contributed by atoms with Gasteiger partial charge in [-0.05, 0) is 6.42 Å². The van der Waals surface area contributed by atoms with E-state index in [1.165, 1.54) is 0 Å². The Labute approximate surface area is 47.1 Å². The average Bonchev–Trinajstić information content (AvgIpc) is 1.77. The molecule has 0 unspecified atom stereocenters. The van der Waals surface area contributed by atoms with Crippen molar-refractivity contribution in [2.75, 3.05) is 6.54 Å². The third kappa shape index (κ3) is 0.857. The highest BCUT2D eigenvalue weighted by atomic mass is 16.2. The van der Waals surface area contributed by atoms with Gasteiger partial charge in [-0.25, -0.2) is 5.32 Å². The van der Waals surface area contributed by atoms with Crippen molar-refractivity contribution in [2.45, 2.75) is 12.8 Å². The molecule has 0 spiro atoms. The molecule has 1 rings (SSSR count). The van der Waals surface area contributed by atoms with E-state index in [2.05, 4.69) is 5.32 Å². The lowest BCUT2D eigenvalue weighted by Gasteiger charge is -2.04. The van der Waals surface area contributed by atoms with Crippen molar-refractivity contribution in [1.29, 1.82) is 0 Å². The van der Waals surface area contributed by atoms with E-state index in [1.54, 1.807) is 0 Å². The molecule has 1 saturated heterocycles. The minimum atomic E-state index is -0.545. The normalized spacial score (nSPS) is 20.5. The van der Waals surface area contributed by atoms with E-state index in [0.717, 1.165) is 6.42 Å². The van der Waals surface area contributed by atoms with Crippen molar-refractivity contribution in [3.63, 3.8) is 0 Å². The molecule has 0 aromatic carbocycles. The van der Waals surface area contributed by atoms with Gasteiger partial charge in [-0.2, -0.15) is 0 Å². The first-order chi connectivity index (χ1) is 3.80. The van der Waals surface area contributed by atoms with Crippen LogP contribution in [-0.4, -0.2) is 18.2 Å². The fourth-order valence-corrected chi connectivity index (χ4v) is 0.615. The smallest absolute Gasteiger partial charge is 0.289 e. The number of piperidine rings is 1. The monoisotopic (exact) mass is 112 g/mol. The molecule has 1 radical (unpaired) electrons. The maximum absolute atomic E-state index is 10.4. The number of carbonyl (C=O) groups excluding carboxylic acids is 2. The molecule has 0 bridgehead atoms. The van der Waals surface area contributed by atoms with Gasteiger partial charge in [0.1, 0.15) is 0 Å². The van der Waals surface area contributed by atoms with Gasteiger partial charge in [-0.3, -0.25) is 9.59 Å². The Balaban J connectivity index is 2.52. The van der Waals surface area contributed by atoms with Crippen LogP contribution in [0, 0.1) is 0 Å². The Morgan fingerprint density at radius 3 is 2.50 bits per heavy atom. The summed E-state index contributed by atoms with van der Waals surface area (Å²) in [5, 5.41) is 3.42. The Hall–Kier alpha value is -0.860. The molecule has 1 fully saturated rings. The van der Waals surface area contributed by atoms with Gasteiger partial charge in [-0.1, -0.05) is 0 Å². The zero-order valence-electron chi connectivity index (χ0n) is 4.39. The van der Waals surface area contributed by atoms with Crippen molar-refractivity contribution in [3.8, 4) is 0 Å². The van der Waals surface area contributed by atoms with E-state index in [1.807, 2.05) is 0 Å². The minimum Gasteiger partial charge on any atom is -0.289 e. The van der Waals surface area contributed by atoms with Crippen LogP contribution in [0.2, 0.25) is 0 Å². The second-order valence-electron chi connectivity index (χ2n) is 1.71. The summed E-state index contributed by atoms with van der Waals surface area (Å²) in [5.41, 5.74) is 0. The Morgan fingerprint density at radius 1 is 1.38 bits per heavy atom. The van der Waals surface area contributed by atoms with E-state index >= 15 is 0 Å². The fourth-order valence-electron chi connectivity index (χ4n) is 0.615. The molecule has 1 aliphatic heterocycles.